The van der Waals surface area contributed by atoms with Crippen LogP contribution in [0.15, 0.2) is 30.3 Å². The molecule has 2 N–H and O–H groups in total. The van der Waals surface area contributed by atoms with Crippen LogP contribution >= 0.6 is 11.8 Å². The number of carbonyl (C=O) groups is 2. The van der Waals surface area contributed by atoms with Crippen LogP contribution in [0.4, 0.5) is 0 Å². The second-order valence-corrected chi connectivity index (χ2v) is 5.26. The summed E-state index contributed by atoms with van der Waals surface area (Å²) in [6, 6.07) is 8.42. The maximum absolute atomic E-state index is 11.1. The van der Waals surface area contributed by atoms with Gasteiger partial charge < -0.3 is 9.90 Å². The lowest BCUT2D eigenvalue weighted by Gasteiger charge is -2.19. The van der Waals surface area contributed by atoms with Crippen LogP contribution in [0.2, 0.25) is 0 Å². The zero-order chi connectivity index (χ0) is 14.1. The van der Waals surface area contributed by atoms with Crippen molar-refractivity contribution >= 4 is 24.0 Å². The number of aliphatic carboxylic acids is 1. The summed E-state index contributed by atoms with van der Waals surface area (Å²) in [6.07, 6.45) is 3.73. The van der Waals surface area contributed by atoms with Crippen molar-refractivity contribution in [3.05, 3.63) is 35.9 Å². The minimum Gasteiger partial charge on any atom is -0.480 e. The predicted molar refractivity (Wildman–Crippen MR) is 77.6 cm³/mol. The van der Waals surface area contributed by atoms with Gasteiger partial charge in [0.1, 0.15) is 12.3 Å². The van der Waals surface area contributed by atoms with E-state index in [0.717, 1.165) is 17.6 Å². The molecule has 0 fully saturated rings. The first-order chi connectivity index (χ1) is 9.17. The van der Waals surface area contributed by atoms with Crippen LogP contribution < -0.4 is 5.32 Å². The molecule has 0 saturated heterocycles. The minimum atomic E-state index is -0.908. The summed E-state index contributed by atoms with van der Waals surface area (Å²) in [5, 5.41) is 12.0. The highest BCUT2D eigenvalue weighted by Gasteiger charge is 2.20. The van der Waals surface area contributed by atoms with Gasteiger partial charge in [-0.1, -0.05) is 30.3 Å². The van der Waals surface area contributed by atoms with Crippen LogP contribution in [0.1, 0.15) is 12.0 Å². The van der Waals surface area contributed by atoms with E-state index >= 15 is 0 Å². The number of hydrogen-bond acceptors (Lipinski definition) is 4. The van der Waals surface area contributed by atoms with E-state index in [1.54, 1.807) is 11.8 Å². The molecule has 0 radical (unpaired) electrons. The first-order valence-electron chi connectivity index (χ1n) is 6.14. The minimum absolute atomic E-state index is 0.467. The smallest absolute Gasteiger partial charge is 0.320 e. The van der Waals surface area contributed by atoms with E-state index < -0.39 is 18.1 Å². The molecule has 104 valence electrons. The Kier molecular flexibility index (Phi) is 7.22. The molecule has 1 aromatic rings. The van der Waals surface area contributed by atoms with Gasteiger partial charge >= 0.3 is 5.97 Å². The van der Waals surface area contributed by atoms with Crippen LogP contribution in [0.3, 0.4) is 0 Å². The van der Waals surface area contributed by atoms with E-state index in [1.165, 1.54) is 0 Å². The Labute approximate surface area is 117 Å². The lowest BCUT2D eigenvalue weighted by Crippen LogP contribution is -2.45. The Balaban J connectivity index is 2.58. The lowest BCUT2D eigenvalue weighted by molar-refractivity contribution is -0.139. The third-order valence-corrected chi connectivity index (χ3v) is 3.43. The van der Waals surface area contributed by atoms with Crippen LogP contribution in [0.5, 0.6) is 0 Å². The summed E-state index contributed by atoms with van der Waals surface area (Å²) in [7, 11) is 0. The summed E-state index contributed by atoms with van der Waals surface area (Å²) in [6.45, 7) is 0. The second-order valence-electron chi connectivity index (χ2n) is 4.27. The zero-order valence-electron chi connectivity index (χ0n) is 10.9. The standard InChI is InChI=1S/C14H19NO3S/c1-19-8-7-13(14(17)18)15-12(10-16)9-11-5-3-2-4-6-11/h2-6,10,12-13,15H,7-9H2,1H3,(H,17,18)/t12?,13-/m0/s1. The van der Waals surface area contributed by atoms with Crippen molar-refractivity contribution in [3.63, 3.8) is 0 Å². The number of rotatable bonds is 9. The Morgan fingerprint density at radius 3 is 2.63 bits per heavy atom. The number of carbonyl (C=O) groups excluding carboxylic acids is 1. The van der Waals surface area contributed by atoms with Gasteiger partial charge in [-0.2, -0.15) is 11.8 Å². The van der Waals surface area contributed by atoms with Crippen molar-refractivity contribution in [2.75, 3.05) is 12.0 Å². The van der Waals surface area contributed by atoms with Crippen LogP contribution in [0, 0.1) is 0 Å². The number of aldehydes is 1. The van der Waals surface area contributed by atoms with Crippen LogP contribution in [-0.4, -0.2) is 41.5 Å². The fourth-order valence-electron chi connectivity index (χ4n) is 1.79. The second kappa shape index (κ2) is 8.72. The number of thioether (sulfide) groups is 1. The number of carboxylic acids is 1. The van der Waals surface area contributed by atoms with Gasteiger partial charge in [-0.3, -0.25) is 10.1 Å². The van der Waals surface area contributed by atoms with Gasteiger partial charge in [-0.25, -0.2) is 0 Å². The van der Waals surface area contributed by atoms with Crippen molar-refractivity contribution in [3.8, 4) is 0 Å². The third kappa shape index (κ3) is 5.89. The van der Waals surface area contributed by atoms with E-state index in [9.17, 15) is 9.59 Å². The molecule has 0 bridgehead atoms. The molecule has 0 saturated carbocycles. The summed E-state index contributed by atoms with van der Waals surface area (Å²) < 4.78 is 0. The molecule has 1 unspecified atom stereocenters. The molecule has 5 heteroatoms. The summed E-state index contributed by atoms with van der Waals surface area (Å²) in [4.78, 5) is 22.2. The maximum Gasteiger partial charge on any atom is 0.320 e. The molecular weight excluding hydrogens is 262 g/mol. The van der Waals surface area contributed by atoms with Crippen molar-refractivity contribution in [2.24, 2.45) is 0 Å². The van der Waals surface area contributed by atoms with Crippen molar-refractivity contribution in [1.82, 2.24) is 5.32 Å². The highest BCUT2D eigenvalue weighted by atomic mass is 32.2. The normalized spacial score (nSPS) is 13.7. The van der Waals surface area contributed by atoms with Crippen LogP contribution in [-0.2, 0) is 16.0 Å². The molecule has 4 nitrogen and oxygen atoms in total. The highest BCUT2D eigenvalue weighted by Crippen LogP contribution is 2.06. The number of benzene rings is 1. The molecular formula is C14H19NO3S. The van der Waals surface area contributed by atoms with Gasteiger partial charge in [-0.15, -0.1) is 0 Å². The van der Waals surface area contributed by atoms with E-state index in [1.807, 2.05) is 36.6 Å². The quantitative estimate of drug-likeness (QED) is 0.673. The topological polar surface area (TPSA) is 66.4 Å². The van der Waals surface area contributed by atoms with Gasteiger partial charge in [0.05, 0.1) is 6.04 Å². The molecule has 0 aromatic heterocycles. The Bertz CT molecular complexity index is 397. The predicted octanol–water partition coefficient (Wildman–Crippen LogP) is 1.59. The summed E-state index contributed by atoms with van der Waals surface area (Å²) >= 11 is 1.59. The molecule has 0 amide bonds. The lowest BCUT2D eigenvalue weighted by atomic mass is 10.1. The Morgan fingerprint density at radius 2 is 2.11 bits per heavy atom. The number of hydrogen-bond donors (Lipinski definition) is 2. The molecule has 0 aliphatic carbocycles. The maximum atomic E-state index is 11.1. The molecule has 0 aliphatic heterocycles. The van der Waals surface area contributed by atoms with Gasteiger partial charge in [-0.05, 0) is 30.4 Å². The van der Waals surface area contributed by atoms with Gasteiger partial charge in [0, 0.05) is 0 Å². The number of carboxylic acid groups (broad SMARTS) is 1. The molecule has 0 aliphatic rings. The van der Waals surface area contributed by atoms with E-state index in [0.29, 0.717) is 12.8 Å². The monoisotopic (exact) mass is 281 g/mol. The molecule has 1 aromatic carbocycles. The fraction of sp³-hybridized carbons (Fsp3) is 0.429. The molecule has 0 heterocycles. The van der Waals surface area contributed by atoms with Crippen molar-refractivity contribution in [2.45, 2.75) is 24.9 Å². The van der Waals surface area contributed by atoms with Gasteiger partial charge in [0.25, 0.3) is 0 Å². The fourth-order valence-corrected chi connectivity index (χ4v) is 2.26. The first kappa shape index (κ1) is 15.7. The Morgan fingerprint density at radius 1 is 1.42 bits per heavy atom. The van der Waals surface area contributed by atoms with E-state index in [2.05, 4.69) is 5.32 Å². The average Bonchev–Trinajstić information content (AvgIpc) is 2.42. The first-order valence-corrected chi connectivity index (χ1v) is 7.53. The largest absolute Gasteiger partial charge is 0.480 e. The molecule has 19 heavy (non-hydrogen) atoms. The molecule has 2 atom stereocenters. The average molecular weight is 281 g/mol. The molecule has 1 rings (SSSR count). The summed E-state index contributed by atoms with van der Waals surface area (Å²) in [5.74, 6) is -0.157. The zero-order valence-corrected chi connectivity index (χ0v) is 11.7. The van der Waals surface area contributed by atoms with Crippen molar-refractivity contribution < 1.29 is 14.7 Å². The van der Waals surface area contributed by atoms with Crippen molar-refractivity contribution in [1.29, 1.82) is 0 Å². The SMILES string of the molecule is CSCC[C@H](NC(C=O)Cc1ccccc1)C(=O)O. The highest BCUT2D eigenvalue weighted by molar-refractivity contribution is 7.98. The van der Waals surface area contributed by atoms with Gasteiger partial charge in [0.2, 0.25) is 0 Å². The van der Waals surface area contributed by atoms with Gasteiger partial charge in [0.15, 0.2) is 0 Å². The number of nitrogens with one attached hydrogen (secondary N) is 1. The van der Waals surface area contributed by atoms with Crippen LogP contribution in [0.25, 0.3) is 0 Å². The Hall–Kier alpha value is -1.33. The van der Waals surface area contributed by atoms with E-state index in [4.69, 9.17) is 5.11 Å². The third-order valence-electron chi connectivity index (χ3n) is 2.79. The van der Waals surface area contributed by atoms with E-state index in [-0.39, 0.29) is 0 Å². The summed E-state index contributed by atoms with van der Waals surface area (Å²) in [5.41, 5.74) is 1.01. The molecule has 0 spiro atoms.